The second-order valence-corrected chi connectivity index (χ2v) is 7.99. The number of carbonyl (C=O) groups is 1. The first kappa shape index (κ1) is 19.4. The Labute approximate surface area is 181 Å². The molecule has 1 amide bonds. The number of piperidine rings is 1. The number of hydrogen-bond acceptors (Lipinski definition) is 6. The third-order valence-corrected chi connectivity index (χ3v) is 5.75. The summed E-state index contributed by atoms with van der Waals surface area (Å²) in [5, 5.41) is 11.9. The molecule has 0 spiro atoms. The van der Waals surface area contributed by atoms with Crippen molar-refractivity contribution < 1.29 is 14.3 Å². The molecular formula is C24H24N4O3. The number of aryl methyl sites for hydroxylation is 1. The van der Waals surface area contributed by atoms with E-state index < -0.39 is 0 Å². The van der Waals surface area contributed by atoms with Gasteiger partial charge in [0.25, 0.3) is 0 Å². The fourth-order valence-electron chi connectivity index (χ4n) is 3.99. The lowest BCUT2D eigenvalue weighted by Gasteiger charge is -2.32. The van der Waals surface area contributed by atoms with E-state index in [0.29, 0.717) is 23.7 Å². The van der Waals surface area contributed by atoms with Gasteiger partial charge in [0, 0.05) is 30.4 Å². The third-order valence-electron chi connectivity index (χ3n) is 5.75. The second kappa shape index (κ2) is 8.26. The van der Waals surface area contributed by atoms with Gasteiger partial charge in [-0.1, -0.05) is 29.8 Å². The van der Waals surface area contributed by atoms with Gasteiger partial charge in [0.2, 0.25) is 12.7 Å². The van der Waals surface area contributed by atoms with E-state index >= 15 is 0 Å². The van der Waals surface area contributed by atoms with Crippen LogP contribution in [0.2, 0.25) is 0 Å². The first-order chi connectivity index (χ1) is 15.2. The van der Waals surface area contributed by atoms with Crippen LogP contribution in [0, 0.1) is 12.8 Å². The van der Waals surface area contributed by atoms with Crippen LogP contribution in [0.3, 0.4) is 0 Å². The number of ether oxygens (including phenoxy) is 2. The summed E-state index contributed by atoms with van der Waals surface area (Å²) >= 11 is 0. The van der Waals surface area contributed by atoms with Gasteiger partial charge >= 0.3 is 0 Å². The van der Waals surface area contributed by atoms with Crippen LogP contribution >= 0.6 is 0 Å². The Balaban J connectivity index is 1.24. The largest absolute Gasteiger partial charge is 0.454 e. The van der Waals surface area contributed by atoms with Gasteiger partial charge in [-0.2, -0.15) is 0 Å². The van der Waals surface area contributed by atoms with Gasteiger partial charge in [0.1, 0.15) is 0 Å². The number of anilines is 2. The molecule has 2 aromatic carbocycles. The van der Waals surface area contributed by atoms with Gasteiger partial charge in [-0.15, -0.1) is 10.2 Å². The minimum atomic E-state index is -0.113. The van der Waals surface area contributed by atoms with Gasteiger partial charge in [-0.25, -0.2) is 0 Å². The lowest BCUT2D eigenvalue weighted by molar-refractivity contribution is -0.120. The quantitative estimate of drug-likeness (QED) is 0.692. The molecule has 0 aliphatic carbocycles. The molecule has 1 N–H and O–H groups in total. The summed E-state index contributed by atoms with van der Waals surface area (Å²) in [5.74, 6) is 2.06. The molecule has 2 aliphatic rings. The van der Waals surface area contributed by atoms with Crippen LogP contribution in [0.15, 0.2) is 54.6 Å². The van der Waals surface area contributed by atoms with Crippen molar-refractivity contribution >= 4 is 17.4 Å². The molecule has 3 aromatic rings. The monoisotopic (exact) mass is 416 g/mol. The number of amides is 1. The highest BCUT2D eigenvalue weighted by atomic mass is 16.7. The predicted octanol–water partition coefficient (Wildman–Crippen LogP) is 4.04. The van der Waals surface area contributed by atoms with Gasteiger partial charge in [0.15, 0.2) is 17.3 Å². The zero-order valence-corrected chi connectivity index (χ0v) is 17.4. The Hall–Kier alpha value is -3.61. The maximum Gasteiger partial charge on any atom is 0.231 e. The number of nitrogens with zero attached hydrogens (tertiary/aromatic N) is 3. The lowest BCUT2D eigenvalue weighted by Crippen LogP contribution is -2.41. The van der Waals surface area contributed by atoms with E-state index in [4.69, 9.17) is 9.47 Å². The molecule has 0 unspecified atom stereocenters. The topological polar surface area (TPSA) is 76.6 Å². The molecule has 1 atom stereocenters. The first-order valence-corrected chi connectivity index (χ1v) is 10.5. The SMILES string of the molecule is Cc1ccc(-c2ccc(N3CCC[C@H](C(=O)Nc4ccc5c(c4)OCO5)C3)nn2)cc1. The van der Waals surface area contributed by atoms with Crippen molar-refractivity contribution in [3.05, 3.63) is 60.2 Å². The van der Waals surface area contributed by atoms with E-state index in [0.717, 1.165) is 36.5 Å². The molecule has 0 saturated carbocycles. The molecular weight excluding hydrogens is 392 g/mol. The third kappa shape index (κ3) is 4.17. The van der Waals surface area contributed by atoms with Crippen LogP contribution in [0.1, 0.15) is 18.4 Å². The average Bonchev–Trinajstić information content (AvgIpc) is 3.28. The average molecular weight is 416 g/mol. The van der Waals surface area contributed by atoms with Crippen LogP contribution < -0.4 is 19.7 Å². The van der Waals surface area contributed by atoms with Crippen molar-refractivity contribution in [3.63, 3.8) is 0 Å². The molecule has 1 aromatic heterocycles. The van der Waals surface area contributed by atoms with Crippen molar-refractivity contribution in [2.75, 3.05) is 30.1 Å². The van der Waals surface area contributed by atoms with Crippen LogP contribution in [-0.2, 0) is 4.79 Å². The van der Waals surface area contributed by atoms with E-state index in [1.54, 1.807) is 6.07 Å². The molecule has 3 heterocycles. The smallest absolute Gasteiger partial charge is 0.231 e. The van der Waals surface area contributed by atoms with Crippen LogP contribution in [0.5, 0.6) is 11.5 Å². The maximum absolute atomic E-state index is 12.9. The maximum atomic E-state index is 12.9. The van der Waals surface area contributed by atoms with E-state index in [1.165, 1.54) is 5.56 Å². The molecule has 158 valence electrons. The number of carbonyl (C=O) groups excluding carboxylic acids is 1. The Morgan fingerprint density at radius 3 is 2.68 bits per heavy atom. The molecule has 31 heavy (non-hydrogen) atoms. The summed E-state index contributed by atoms with van der Waals surface area (Å²) in [6.07, 6.45) is 1.78. The van der Waals surface area contributed by atoms with Crippen LogP contribution in [0.25, 0.3) is 11.3 Å². The fourth-order valence-corrected chi connectivity index (χ4v) is 3.99. The highest BCUT2D eigenvalue weighted by molar-refractivity contribution is 5.93. The van der Waals surface area contributed by atoms with E-state index in [9.17, 15) is 4.79 Å². The summed E-state index contributed by atoms with van der Waals surface area (Å²) in [5.41, 5.74) is 3.82. The normalized spacial score (nSPS) is 17.5. The summed E-state index contributed by atoms with van der Waals surface area (Å²) in [7, 11) is 0. The molecule has 2 aliphatic heterocycles. The molecule has 7 heteroatoms. The fraction of sp³-hybridized carbons (Fsp3) is 0.292. The minimum Gasteiger partial charge on any atom is -0.454 e. The second-order valence-electron chi connectivity index (χ2n) is 7.99. The van der Waals surface area contributed by atoms with E-state index in [2.05, 4.69) is 51.6 Å². The van der Waals surface area contributed by atoms with Gasteiger partial charge in [-0.3, -0.25) is 4.79 Å². The zero-order valence-electron chi connectivity index (χ0n) is 17.4. The van der Waals surface area contributed by atoms with Gasteiger partial charge in [0.05, 0.1) is 11.6 Å². The van der Waals surface area contributed by atoms with E-state index in [1.807, 2.05) is 24.3 Å². The highest BCUT2D eigenvalue weighted by Gasteiger charge is 2.27. The van der Waals surface area contributed by atoms with Crippen molar-refractivity contribution in [3.8, 4) is 22.8 Å². The van der Waals surface area contributed by atoms with Crippen molar-refractivity contribution in [1.29, 1.82) is 0 Å². The molecule has 5 rings (SSSR count). The lowest BCUT2D eigenvalue weighted by atomic mass is 9.97. The standard InChI is InChI=1S/C24H24N4O3/c1-16-4-6-17(7-5-16)20-9-11-23(27-26-20)28-12-2-3-18(14-28)24(29)25-19-8-10-21-22(13-19)31-15-30-21/h4-11,13,18H,2-3,12,14-15H2,1H3,(H,25,29)/t18-/m0/s1. The number of nitrogens with one attached hydrogen (secondary N) is 1. The number of benzene rings is 2. The highest BCUT2D eigenvalue weighted by Crippen LogP contribution is 2.34. The van der Waals surface area contributed by atoms with Crippen LogP contribution in [-0.4, -0.2) is 36.0 Å². The van der Waals surface area contributed by atoms with Crippen molar-refractivity contribution in [2.24, 2.45) is 5.92 Å². The molecule has 0 radical (unpaired) electrons. The Kier molecular flexibility index (Phi) is 5.16. The predicted molar refractivity (Wildman–Crippen MR) is 118 cm³/mol. The number of aromatic nitrogens is 2. The number of hydrogen-bond donors (Lipinski definition) is 1. The Morgan fingerprint density at radius 1 is 1.03 bits per heavy atom. The summed E-state index contributed by atoms with van der Waals surface area (Å²) < 4.78 is 10.7. The summed E-state index contributed by atoms with van der Waals surface area (Å²) in [4.78, 5) is 15.0. The number of fused-ring (bicyclic) bond motifs is 1. The van der Waals surface area contributed by atoms with Crippen LogP contribution in [0.4, 0.5) is 11.5 Å². The summed E-state index contributed by atoms with van der Waals surface area (Å²) in [6.45, 7) is 3.77. The number of rotatable bonds is 4. The molecule has 1 saturated heterocycles. The van der Waals surface area contributed by atoms with Crippen molar-refractivity contribution in [2.45, 2.75) is 19.8 Å². The Bertz CT molecular complexity index is 1080. The first-order valence-electron chi connectivity index (χ1n) is 10.5. The minimum absolute atomic E-state index is 0.00722. The zero-order chi connectivity index (χ0) is 21.2. The van der Waals surface area contributed by atoms with Gasteiger partial charge in [-0.05, 0) is 44.0 Å². The molecule has 7 nitrogen and oxygen atoms in total. The van der Waals surface area contributed by atoms with Gasteiger partial charge < -0.3 is 19.7 Å². The molecule has 0 bridgehead atoms. The summed E-state index contributed by atoms with van der Waals surface area (Å²) in [6, 6.07) is 17.7. The van der Waals surface area contributed by atoms with E-state index in [-0.39, 0.29) is 18.6 Å². The van der Waals surface area contributed by atoms with Crippen molar-refractivity contribution in [1.82, 2.24) is 10.2 Å². The Morgan fingerprint density at radius 2 is 1.87 bits per heavy atom. The molecule has 1 fully saturated rings.